The summed E-state index contributed by atoms with van der Waals surface area (Å²) in [4.78, 5) is 14.1. The second kappa shape index (κ2) is 5.77. The summed E-state index contributed by atoms with van der Waals surface area (Å²) in [6.07, 6.45) is 1.48. The highest BCUT2D eigenvalue weighted by atomic mass is 32.1. The van der Waals surface area contributed by atoms with E-state index in [1.54, 1.807) is 11.3 Å². The van der Waals surface area contributed by atoms with Gasteiger partial charge in [0.25, 0.3) is 0 Å². The highest BCUT2D eigenvalue weighted by Crippen LogP contribution is 2.33. The zero-order valence-corrected chi connectivity index (χ0v) is 13.8. The molecule has 0 saturated carbocycles. The molecule has 2 unspecified atom stereocenters. The van der Waals surface area contributed by atoms with E-state index in [-0.39, 0.29) is 12.2 Å². The minimum atomic E-state index is 0.223. The number of thiophene rings is 1. The third kappa shape index (κ3) is 2.82. The number of nitrogens with zero attached hydrogens (tertiary/aromatic N) is 3. The number of rotatable bonds is 3. The smallest absolute Gasteiger partial charge is 0.225 e. The van der Waals surface area contributed by atoms with E-state index < -0.39 is 0 Å². The van der Waals surface area contributed by atoms with Gasteiger partial charge in [-0.15, -0.1) is 11.3 Å². The summed E-state index contributed by atoms with van der Waals surface area (Å²) in [6.45, 7) is 8.15. The molecule has 3 rings (SSSR count). The van der Waals surface area contributed by atoms with Crippen molar-refractivity contribution in [1.82, 2.24) is 9.97 Å². The fourth-order valence-electron chi connectivity index (χ4n) is 2.83. The molecule has 6 heteroatoms. The van der Waals surface area contributed by atoms with Crippen LogP contribution in [0.3, 0.4) is 0 Å². The highest BCUT2D eigenvalue weighted by molar-refractivity contribution is 7.18. The van der Waals surface area contributed by atoms with Crippen molar-refractivity contribution in [3.05, 3.63) is 10.9 Å². The number of hydrogen-bond donors (Lipinski definition) is 1. The molecule has 0 spiro atoms. The van der Waals surface area contributed by atoms with Gasteiger partial charge in [0.15, 0.2) is 0 Å². The van der Waals surface area contributed by atoms with E-state index in [0.29, 0.717) is 5.95 Å². The van der Waals surface area contributed by atoms with Crippen molar-refractivity contribution < 1.29 is 4.74 Å². The predicted molar refractivity (Wildman–Crippen MR) is 88.6 cm³/mol. The molecule has 114 valence electrons. The zero-order chi connectivity index (χ0) is 15.0. The minimum absolute atomic E-state index is 0.223. The minimum Gasteiger partial charge on any atom is -0.372 e. The normalized spacial score (nSPS) is 22.8. The molecule has 1 N–H and O–H groups in total. The SMILES string of the molecule is CCc1cc2c(N3CC(C)OC(C)C3)nc(NC)nc2s1. The van der Waals surface area contributed by atoms with E-state index in [1.807, 2.05) is 7.05 Å². The van der Waals surface area contributed by atoms with E-state index in [4.69, 9.17) is 9.72 Å². The molecule has 1 fully saturated rings. The Balaban J connectivity index is 2.08. The van der Waals surface area contributed by atoms with Gasteiger partial charge in [-0.25, -0.2) is 4.98 Å². The Labute approximate surface area is 129 Å². The number of aryl methyl sites for hydroxylation is 1. The molecular formula is C15H22N4OS. The average Bonchev–Trinajstić information content (AvgIpc) is 2.87. The van der Waals surface area contributed by atoms with Crippen molar-refractivity contribution in [2.45, 2.75) is 39.4 Å². The van der Waals surface area contributed by atoms with E-state index in [2.05, 4.69) is 42.0 Å². The van der Waals surface area contributed by atoms with E-state index in [9.17, 15) is 0 Å². The second-order valence-electron chi connectivity index (χ2n) is 5.57. The quantitative estimate of drug-likeness (QED) is 0.945. The lowest BCUT2D eigenvalue weighted by Crippen LogP contribution is -2.46. The third-order valence-electron chi connectivity index (χ3n) is 3.71. The van der Waals surface area contributed by atoms with Gasteiger partial charge < -0.3 is 15.0 Å². The van der Waals surface area contributed by atoms with Crippen molar-refractivity contribution in [3.8, 4) is 0 Å². The van der Waals surface area contributed by atoms with Gasteiger partial charge in [0, 0.05) is 25.0 Å². The van der Waals surface area contributed by atoms with Gasteiger partial charge >= 0.3 is 0 Å². The Morgan fingerprint density at radius 2 is 2.05 bits per heavy atom. The molecule has 3 heterocycles. The lowest BCUT2D eigenvalue weighted by molar-refractivity contribution is -0.00536. The van der Waals surface area contributed by atoms with Crippen molar-refractivity contribution >= 4 is 33.3 Å². The number of anilines is 2. The van der Waals surface area contributed by atoms with Crippen LogP contribution in [-0.4, -0.2) is 42.3 Å². The van der Waals surface area contributed by atoms with Crippen LogP contribution in [0.4, 0.5) is 11.8 Å². The summed E-state index contributed by atoms with van der Waals surface area (Å²) >= 11 is 1.76. The van der Waals surface area contributed by atoms with Crippen LogP contribution < -0.4 is 10.2 Å². The molecule has 5 nitrogen and oxygen atoms in total. The summed E-state index contributed by atoms with van der Waals surface area (Å²) < 4.78 is 5.83. The number of fused-ring (bicyclic) bond motifs is 1. The van der Waals surface area contributed by atoms with E-state index >= 15 is 0 Å². The molecule has 2 aromatic rings. The van der Waals surface area contributed by atoms with Crippen molar-refractivity contribution in [3.63, 3.8) is 0 Å². The average molecular weight is 306 g/mol. The van der Waals surface area contributed by atoms with Gasteiger partial charge in [-0.3, -0.25) is 0 Å². The maximum Gasteiger partial charge on any atom is 0.225 e. The molecule has 2 aromatic heterocycles. The highest BCUT2D eigenvalue weighted by Gasteiger charge is 2.25. The summed E-state index contributed by atoms with van der Waals surface area (Å²) in [6, 6.07) is 2.24. The first-order chi connectivity index (χ1) is 10.1. The van der Waals surface area contributed by atoms with Crippen LogP contribution in [0.15, 0.2) is 6.07 Å². The summed E-state index contributed by atoms with van der Waals surface area (Å²) in [5.74, 6) is 1.72. The standard InChI is InChI=1S/C15H22N4OS/c1-5-11-6-12-13(17-15(16-4)18-14(12)21-11)19-7-9(2)20-10(3)8-19/h6,9-10H,5,7-8H2,1-4H3,(H,16,17,18). The van der Waals surface area contributed by atoms with Gasteiger partial charge in [-0.05, 0) is 26.3 Å². The Morgan fingerprint density at radius 3 is 2.67 bits per heavy atom. The van der Waals surface area contributed by atoms with Gasteiger partial charge in [-0.1, -0.05) is 6.92 Å². The summed E-state index contributed by atoms with van der Waals surface area (Å²) in [5, 5.41) is 4.24. The van der Waals surface area contributed by atoms with Gasteiger partial charge in [0.05, 0.1) is 17.6 Å². The first kappa shape index (κ1) is 14.5. The molecule has 1 saturated heterocycles. The molecule has 2 atom stereocenters. The van der Waals surface area contributed by atoms with Crippen LogP contribution in [-0.2, 0) is 11.2 Å². The third-order valence-corrected chi connectivity index (χ3v) is 4.89. The van der Waals surface area contributed by atoms with Crippen molar-refractivity contribution in [2.75, 3.05) is 30.4 Å². The van der Waals surface area contributed by atoms with E-state index in [0.717, 1.165) is 35.5 Å². The number of ether oxygens (including phenoxy) is 1. The van der Waals surface area contributed by atoms with Crippen LogP contribution in [0.5, 0.6) is 0 Å². The maximum atomic E-state index is 5.83. The van der Waals surface area contributed by atoms with Crippen LogP contribution in [0, 0.1) is 0 Å². The number of aromatic nitrogens is 2. The summed E-state index contributed by atoms with van der Waals surface area (Å²) in [5.41, 5.74) is 0. The Morgan fingerprint density at radius 1 is 1.33 bits per heavy atom. The topological polar surface area (TPSA) is 50.3 Å². The Bertz CT molecular complexity index is 632. The van der Waals surface area contributed by atoms with Crippen LogP contribution >= 0.6 is 11.3 Å². The fraction of sp³-hybridized carbons (Fsp3) is 0.600. The zero-order valence-electron chi connectivity index (χ0n) is 13.0. The number of morpholine rings is 1. The maximum absolute atomic E-state index is 5.83. The molecule has 0 bridgehead atoms. The van der Waals surface area contributed by atoms with Gasteiger partial charge in [-0.2, -0.15) is 4.98 Å². The lowest BCUT2D eigenvalue weighted by atomic mass is 10.2. The van der Waals surface area contributed by atoms with Gasteiger partial charge in [0.1, 0.15) is 10.6 Å². The molecule has 1 aliphatic heterocycles. The van der Waals surface area contributed by atoms with Crippen molar-refractivity contribution in [2.24, 2.45) is 0 Å². The molecule has 1 aliphatic rings. The second-order valence-corrected chi connectivity index (χ2v) is 6.68. The molecule has 21 heavy (non-hydrogen) atoms. The van der Waals surface area contributed by atoms with Crippen LogP contribution in [0.2, 0.25) is 0 Å². The fourth-order valence-corrected chi connectivity index (χ4v) is 3.80. The van der Waals surface area contributed by atoms with Crippen LogP contribution in [0.1, 0.15) is 25.6 Å². The Hall–Kier alpha value is -1.40. The molecule has 0 aliphatic carbocycles. The lowest BCUT2D eigenvalue weighted by Gasteiger charge is -2.36. The monoisotopic (exact) mass is 306 g/mol. The largest absolute Gasteiger partial charge is 0.372 e. The molecule has 0 aromatic carbocycles. The number of hydrogen-bond acceptors (Lipinski definition) is 6. The first-order valence-corrected chi connectivity index (χ1v) is 8.31. The molecule has 0 amide bonds. The van der Waals surface area contributed by atoms with Crippen molar-refractivity contribution in [1.29, 1.82) is 0 Å². The first-order valence-electron chi connectivity index (χ1n) is 7.49. The van der Waals surface area contributed by atoms with Gasteiger partial charge in [0.2, 0.25) is 5.95 Å². The molecule has 0 radical (unpaired) electrons. The molecular weight excluding hydrogens is 284 g/mol. The van der Waals surface area contributed by atoms with E-state index in [1.165, 1.54) is 4.88 Å². The number of nitrogens with one attached hydrogen (secondary N) is 1. The predicted octanol–water partition coefficient (Wildman–Crippen LogP) is 2.91. The summed E-state index contributed by atoms with van der Waals surface area (Å²) in [7, 11) is 1.86. The Kier molecular flexibility index (Phi) is 3.99. The van der Waals surface area contributed by atoms with Crippen LogP contribution in [0.25, 0.3) is 10.2 Å².